The Morgan fingerprint density at radius 1 is 1.13 bits per heavy atom. The molecule has 1 N–H and O–H groups in total. The maximum absolute atomic E-state index is 12.3. The number of carbonyl (C=O) groups is 2. The predicted molar refractivity (Wildman–Crippen MR) is 119 cm³/mol. The zero-order chi connectivity index (χ0) is 21.7. The summed E-state index contributed by atoms with van der Waals surface area (Å²) >= 11 is 7.43. The fourth-order valence-corrected chi connectivity index (χ4v) is 3.79. The summed E-state index contributed by atoms with van der Waals surface area (Å²) in [6.45, 7) is 6.32. The predicted octanol–water partition coefficient (Wildman–Crippen LogP) is 4.66. The first-order valence-corrected chi connectivity index (χ1v) is 10.8. The average molecular weight is 443 g/mol. The summed E-state index contributed by atoms with van der Waals surface area (Å²) in [6, 6.07) is 14.7. The number of nitrogens with zero attached hydrogens (tertiary/aromatic N) is 3. The fourth-order valence-electron chi connectivity index (χ4n) is 2.74. The van der Waals surface area contributed by atoms with Crippen molar-refractivity contribution in [3.63, 3.8) is 0 Å². The Morgan fingerprint density at radius 2 is 1.87 bits per heavy atom. The van der Waals surface area contributed by atoms with Crippen molar-refractivity contribution in [1.82, 2.24) is 20.1 Å². The third-order valence-electron chi connectivity index (χ3n) is 4.43. The topological polar surface area (TPSA) is 76.9 Å². The van der Waals surface area contributed by atoms with Gasteiger partial charge in [-0.2, -0.15) is 0 Å². The largest absolute Gasteiger partial charge is 0.292 e. The van der Waals surface area contributed by atoms with E-state index in [4.69, 9.17) is 11.6 Å². The van der Waals surface area contributed by atoms with Gasteiger partial charge in [0.1, 0.15) is 6.33 Å². The van der Waals surface area contributed by atoms with Gasteiger partial charge in [-0.3, -0.25) is 19.5 Å². The minimum Gasteiger partial charge on any atom is -0.292 e. The number of hydrogen-bond acceptors (Lipinski definition) is 5. The van der Waals surface area contributed by atoms with Crippen LogP contribution in [-0.2, 0) is 10.2 Å². The Balaban J connectivity index is 1.52. The van der Waals surface area contributed by atoms with Gasteiger partial charge in [-0.25, -0.2) is 0 Å². The van der Waals surface area contributed by atoms with Gasteiger partial charge in [-0.05, 0) is 41.3 Å². The number of benzene rings is 2. The minimum atomic E-state index is -0.396. The van der Waals surface area contributed by atoms with Crippen LogP contribution in [0.5, 0.6) is 0 Å². The van der Waals surface area contributed by atoms with E-state index in [9.17, 15) is 9.59 Å². The molecule has 0 spiro atoms. The van der Waals surface area contributed by atoms with Crippen LogP contribution in [-0.4, -0.2) is 32.3 Å². The number of nitrogens with one attached hydrogen (secondary N) is 1. The first-order chi connectivity index (χ1) is 14.2. The molecule has 2 aromatic carbocycles. The van der Waals surface area contributed by atoms with E-state index in [1.165, 1.54) is 11.8 Å². The van der Waals surface area contributed by atoms with Crippen LogP contribution >= 0.6 is 23.4 Å². The average Bonchev–Trinajstić information content (AvgIpc) is 3.16. The second-order valence-electron chi connectivity index (χ2n) is 7.77. The lowest BCUT2D eigenvalue weighted by atomic mass is 9.87. The van der Waals surface area contributed by atoms with Gasteiger partial charge in [-0.15, -0.1) is 10.2 Å². The third-order valence-corrected chi connectivity index (χ3v) is 5.61. The molecule has 8 heteroatoms. The SMILES string of the molecule is CC(C)(C)c1ccc(C(=O)NC(=O)CCSc2nncn2-c2cccc(Cl)c2)cc1. The number of hydrogen-bond donors (Lipinski definition) is 1. The molecule has 0 aliphatic carbocycles. The molecule has 0 unspecified atom stereocenters. The van der Waals surface area contributed by atoms with Crippen molar-refractivity contribution in [2.24, 2.45) is 0 Å². The number of carbonyl (C=O) groups excluding carboxylic acids is 2. The summed E-state index contributed by atoms with van der Waals surface area (Å²) in [5, 5.41) is 11.7. The lowest BCUT2D eigenvalue weighted by Crippen LogP contribution is -2.30. The van der Waals surface area contributed by atoms with Gasteiger partial charge in [0.25, 0.3) is 5.91 Å². The standard InChI is InChI=1S/C22H23ClN4O2S/c1-22(2,3)16-9-7-15(8-10-16)20(29)25-19(28)11-12-30-21-26-24-14-27(21)18-6-4-5-17(23)13-18/h4-10,13-14H,11-12H2,1-3H3,(H,25,28,29). The van der Waals surface area contributed by atoms with E-state index in [-0.39, 0.29) is 17.7 Å². The molecule has 30 heavy (non-hydrogen) atoms. The van der Waals surface area contributed by atoms with Crippen LogP contribution in [0.25, 0.3) is 5.69 Å². The van der Waals surface area contributed by atoms with Crippen molar-refractivity contribution in [2.75, 3.05) is 5.75 Å². The van der Waals surface area contributed by atoms with Crippen LogP contribution in [0.1, 0.15) is 43.1 Å². The minimum absolute atomic E-state index is 0.00763. The Kier molecular flexibility index (Phi) is 6.95. The molecule has 0 fully saturated rings. The number of amides is 2. The normalized spacial score (nSPS) is 11.3. The van der Waals surface area contributed by atoms with Crippen molar-refractivity contribution in [3.05, 3.63) is 71.0 Å². The maximum Gasteiger partial charge on any atom is 0.257 e. The molecule has 3 aromatic rings. The van der Waals surface area contributed by atoms with E-state index < -0.39 is 5.91 Å². The van der Waals surface area contributed by atoms with Gasteiger partial charge in [0, 0.05) is 22.8 Å². The monoisotopic (exact) mass is 442 g/mol. The molecule has 2 amide bonds. The molecular formula is C22H23ClN4O2S. The van der Waals surface area contributed by atoms with Crippen molar-refractivity contribution >= 4 is 35.2 Å². The van der Waals surface area contributed by atoms with Crippen LogP contribution < -0.4 is 5.32 Å². The highest BCUT2D eigenvalue weighted by atomic mass is 35.5. The Hall–Kier alpha value is -2.64. The number of aromatic nitrogens is 3. The fraction of sp³-hybridized carbons (Fsp3) is 0.273. The zero-order valence-electron chi connectivity index (χ0n) is 17.1. The summed E-state index contributed by atoms with van der Waals surface area (Å²) in [7, 11) is 0. The van der Waals surface area contributed by atoms with Crippen molar-refractivity contribution < 1.29 is 9.59 Å². The number of imide groups is 1. The second kappa shape index (κ2) is 9.45. The third kappa shape index (κ3) is 5.70. The Morgan fingerprint density at radius 3 is 2.53 bits per heavy atom. The lowest BCUT2D eigenvalue weighted by Gasteiger charge is -2.19. The first kappa shape index (κ1) is 22.1. The molecule has 156 valence electrons. The molecule has 0 aliphatic rings. The zero-order valence-corrected chi connectivity index (χ0v) is 18.6. The summed E-state index contributed by atoms with van der Waals surface area (Å²) in [5.74, 6) is -0.268. The van der Waals surface area contributed by atoms with E-state index in [2.05, 4.69) is 36.3 Å². The highest BCUT2D eigenvalue weighted by molar-refractivity contribution is 7.99. The number of halogens is 1. The molecule has 0 saturated carbocycles. The molecule has 6 nitrogen and oxygen atoms in total. The molecule has 0 saturated heterocycles. The molecule has 0 atom stereocenters. The first-order valence-electron chi connectivity index (χ1n) is 9.47. The summed E-state index contributed by atoms with van der Waals surface area (Å²) in [6.07, 6.45) is 1.78. The molecular weight excluding hydrogens is 420 g/mol. The van der Waals surface area contributed by atoms with Gasteiger partial charge in [0.15, 0.2) is 5.16 Å². The molecule has 1 heterocycles. The van der Waals surface area contributed by atoms with Gasteiger partial charge >= 0.3 is 0 Å². The van der Waals surface area contributed by atoms with Crippen molar-refractivity contribution in [1.29, 1.82) is 0 Å². The molecule has 0 aliphatic heterocycles. The lowest BCUT2D eigenvalue weighted by molar-refractivity contribution is -0.119. The second-order valence-corrected chi connectivity index (χ2v) is 9.27. The summed E-state index contributed by atoms with van der Waals surface area (Å²) in [5.41, 5.74) is 2.44. The molecule has 1 aromatic heterocycles. The van der Waals surface area contributed by atoms with Crippen LogP contribution in [0.3, 0.4) is 0 Å². The Bertz CT molecular complexity index is 1040. The van der Waals surface area contributed by atoms with Gasteiger partial charge in [0.05, 0.1) is 5.69 Å². The van der Waals surface area contributed by atoms with Crippen LogP contribution in [0, 0.1) is 0 Å². The number of rotatable bonds is 6. The Labute approximate surface area is 185 Å². The number of thioether (sulfide) groups is 1. The van der Waals surface area contributed by atoms with Crippen LogP contribution in [0.4, 0.5) is 0 Å². The molecule has 0 radical (unpaired) electrons. The van der Waals surface area contributed by atoms with Gasteiger partial charge < -0.3 is 0 Å². The smallest absolute Gasteiger partial charge is 0.257 e. The van der Waals surface area contributed by atoms with Crippen molar-refractivity contribution in [3.8, 4) is 5.69 Å². The molecule has 0 bridgehead atoms. The van der Waals surface area contributed by atoms with E-state index >= 15 is 0 Å². The quantitative estimate of drug-likeness (QED) is 0.562. The molecule has 3 rings (SSSR count). The van der Waals surface area contributed by atoms with E-state index in [1.54, 1.807) is 29.1 Å². The van der Waals surface area contributed by atoms with E-state index in [0.29, 0.717) is 21.5 Å². The maximum atomic E-state index is 12.3. The highest BCUT2D eigenvalue weighted by Crippen LogP contribution is 2.23. The van der Waals surface area contributed by atoms with Crippen LogP contribution in [0.15, 0.2) is 60.0 Å². The van der Waals surface area contributed by atoms with Gasteiger partial charge in [-0.1, -0.05) is 62.3 Å². The van der Waals surface area contributed by atoms with E-state index in [1.807, 2.05) is 30.3 Å². The summed E-state index contributed by atoms with van der Waals surface area (Å²) in [4.78, 5) is 24.5. The van der Waals surface area contributed by atoms with Crippen molar-refractivity contribution in [2.45, 2.75) is 37.8 Å². The summed E-state index contributed by atoms with van der Waals surface area (Å²) < 4.78 is 1.80. The van der Waals surface area contributed by atoms with Gasteiger partial charge in [0.2, 0.25) is 5.91 Å². The van der Waals surface area contributed by atoms with E-state index in [0.717, 1.165) is 11.3 Å². The highest BCUT2D eigenvalue weighted by Gasteiger charge is 2.16. The van der Waals surface area contributed by atoms with Crippen LogP contribution in [0.2, 0.25) is 5.02 Å².